The van der Waals surface area contributed by atoms with Crippen LogP contribution in [0.5, 0.6) is 0 Å². The quantitative estimate of drug-likeness (QED) is 0.393. The van der Waals surface area contributed by atoms with Gasteiger partial charge in [0.2, 0.25) is 0 Å². The van der Waals surface area contributed by atoms with Gasteiger partial charge in [0.15, 0.2) is 0 Å². The van der Waals surface area contributed by atoms with Gasteiger partial charge in [0.1, 0.15) is 0 Å². The Labute approximate surface area is 51.0 Å². The summed E-state index contributed by atoms with van der Waals surface area (Å²) in [7, 11) is 0. The molecule has 0 saturated carbocycles. The van der Waals surface area contributed by atoms with Crippen LogP contribution in [0.15, 0.2) is 12.2 Å². The van der Waals surface area contributed by atoms with E-state index in [1.807, 2.05) is 6.92 Å². The fraction of sp³-hybridized carbons (Fsp3) is 0.714. The van der Waals surface area contributed by atoms with Crippen molar-refractivity contribution in [1.29, 1.82) is 0 Å². The second-order valence-electron chi connectivity index (χ2n) is 2.12. The summed E-state index contributed by atoms with van der Waals surface area (Å²) in [6.07, 6.45) is 2.83. The highest BCUT2D eigenvalue weighted by Crippen LogP contribution is 2.01. The molecule has 0 amide bonds. The van der Waals surface area contributed by atoms with E-state index in [0.29, 0.717) is 0 Å². The Morgan fingerprint density at radius 1 is 1.50 bits per heavy atom. The van der Waals surface area contributed by atoms with Crippen molar-refractivity contribution in [1.82, 2.24) is 0 Å². The first-order valence-corrected chi connectivity index (χ1v) is 3.00. The lowest BCUT2D eigenvalue weighted by Gasteiger charge is -1.93. The molecule has 0 aliphatic carbocycles. The summed E-state index contributed by atoms with van der Waals surface area (Å²) in [4.78, 5) is 0. The lowest BCUT2D eigenvalue weighted by Crippen LogP contribution is -1.80. The normalized spacial score (nSPS) is 9.25. The molecule has 0 heterocycles. The van der Waals surface area contributed by atoms with Crippen molar-refractivity contribution < 1.29 is 5.11 Å². The highest BCUT2D eigenvalue weighted by molar-refractivity contribution is 4.86. The fourth-order valence-electron chi connectivity index (χ4n) is 0.529. The van der Waals surface area contributed by atoms with E-state index in [1.165, 1.54) is 5.57 Å². The number of hydrogen-bond acceptors (Lipinski definition) is 0. The number of rotatable bonds is 4. The van der Waals surface area contributed by atoms with Crippen LogP contribution in [0.25, 0.3) is 0 Å². The van der Waals surface area contributed by atoms with Crippen molar-refractivity contribution in [3.63, 3.8) is 0 Å². The Balaban J connectivity index is 2.82. The van der Waals surface area contributed by atoms with Crippen LogP contribution in [0.3, 0.4) is 0 Å². The molecule has 0 aliphatic heterocycles. The van der Waals surface area contributed by atoms with Crippen molar-refractivity contribution in [2.24, 2.45) is 0 Å². The molecule has 0 fully saturated rings. The first-order chi connectivity index (χ1) is 3.77. The van der Waals surface area contributed by atoms with E-state index in [2.05, 4.69) is 6.58 Å². The largest absolute Gasteiger partial charge is 0.237 e. The monoisotopic (exact) mass is 113 g/mol. The number of hydrogen-bond donors (Lipinski definition) is 0. The van der Waals surface area contributed by atoms with Gasteiger partial charge in [0.05, 0.1) is 6.61 Å². The molecule has 0 aromatic rings. The minimum atomic E-state index is 0.0628. The predicted octanol–water partition coefficient (Wildman–Crippen LogP) is 2.16. The third-order valence-corrected chi connectivity index (χ3v) is 0.998. The zero-order valence-corrected chi connectivity index (χ0v) is 5.44. The van der Waals surface area contributed by atoms with Crippen molar-refractivity contribution in [2.75, 3.05) is 6.61 Å². The molecule has 0 atom stereocenters. The molecule has 0 N–H and O–H groups in total. The molecule has 0 rings (SSSR count). The molecule has 8 heavy (non-hydrogen) atoms. The second kappa shape index (κ2) is 4.85. The molecular formula is C7H13O. The minimum Gasteiger partial charge on any atom is -0.237 e. The summed E-state index contributed by atoms with van der Waals surface area (Å²) in [5.74, 6) is 0. The standard InChI is InChI=1S/C7H13O/c1-7(2)5-3-4-6-8/h1,3-6H2,2H3. The molecule has 47 valence electrons. The zero-order chi connectivity index (χ0) is 6.41. The van der Waals surface area contributed by atoms with Gasteiger partial charge in [-0.3, -0.25) is 0 Å². The average Bonchev–Trinajstić information content (AvgIpc) is 1.66. The highest BCUT2D eigenvalue weighted by atomic mass is 16.2. The molecule has 0 bridgehead atoms. The summed E-state index contributed by atoms with van der Waals surface area (Å²) >= 11 is 0. The Morgan fingerprint density at radius 2 is 2.12 bits per heavy atom. The summed E-state index contributed by atoms with van der Waals surface area (Å²) in [6.45, 7) is 5.78. The van der Waals surface area contributed by atoms with E-state index in [9.17, 15) is 5.11 Å². The van der Waals surface area contributed by atoms with Crippen LogP contribution in [0.2, 0.25) is 0 Å². The van der Waals surface area contributed by atoms with Gasteiger partial charge in [0.25, 0.3) is 0 Å². The molecule has 0 spiro atoms. The van der Waals surface area contributed by atoms with Crippen LogP contribution in [0.1, 0.15) is 26.2 Å². The van der Waals surface area contributed by atoms with Crippen molar-refractivity contribution >= 4 is 0 Å². The summed E-state index contributed by atoms with van der Waals surface area (Å²) in [5.41, 5.74) is 1.18. The van der Waals surface area contributed by atoms with Crippen LogP contribution < -0.4 is 0 Å². The molecule has 1 nitrogen and oxygen atoms in total. The molecule has 0 unspecified atom stereocenters. The third kappa shape index (κ3) is 5.70. The van der Waals surface area contributed by atoms with Gasteiger partial charge in [-0.25, -0.2) is 5.11 Å². The SMILES string of the molecule is C=C(C)CCCC[O]. The van der Waals surface area contributed by atoms with Crippen LogP contribution in [0.4, 0.5) is 0 Å². The summed E-state index contributed by atoms with van der Waals surface area (Å²) in [6, 6.07) is 0. The average molecular weight is 113 g/mol. The summed E-state index contributed by atoms with van der Waals surface area (Å²) < 4.78 is 0. The molecule has 0 saturated heterocycles. The van der Waals surface area contributed by atoms with Crippen LogP contribution in [-0.2, 0) is 5.11 Å². The van der Waals surface area contributed by atoms with E-state index in [-0.39, 0.29) is 6.61 Å². The molecule has 0 aromatic heterocycles. The number of allylic oxidation sites excluding steroid dienone is 1. The van der Waals surface area contributed by atoms with Gasteiger partial charge < -0.3 is 0 Å². The lowest BCUT2D eigenvalue weighted by molar-refractivity contribution is 0.187. The van der Waals surface area contributed by atoms with Gasteiger partial charge >= 0.3 is 0 Å². The Morgan fingerprint density at radius 3 is 2.50 bits per heavy atom. The minimum absolute atomic E-state index is 0.0628. The molecule has 1 radical (unpaired) electrons. The Hall–Kier alpha value is -0.300. The maximum atomic E-state index is 9.88. The molecule has 0 aliphatic rings. The molecule has 0 aromatic carbocycles. The topological polar surface area (TPSA) is 19.9 Å². The van der Waals surface area contributed by atoms with Crippen LogP contribution in [0, 0.1) is 0 Å². The fourth-order valence-corrected chi connectivity index (χ4v) is 0.529. The third-order valence-electron chi connectivity index (χ3n) is 0.998. The second-order valence-corrected chi connectivity index (χ2v) is 2.12. The van der Waals surface area contributed by atoms with E-state index in [4.69, 9.17) is 0 Å². The Bertz CT molecular complexity index is 66.8. The van der Waals surface area contributed by atoms with Crippen molar-refractivity contribution in [3.05, 3.63) is 12.2 Å². The maximum Gasteiger partial charge on any atom is 0.0822 e. The zero-order valence-electron chi connectivity index (χ0n) is 5.44. The first-order valence-electron chi connectivity index (χ1n) is 3.00. The first kappa shape index (κ1) is 7.70. The van der Waals surface area contributed by atoms with Crippen molar-refractivity contribution in [2.45, 2.75) is 26.2 Å². The van der Waals surface area contributed by atoms with E-state index < -0.39 is 0 Å². The van der Waals surface area contributed by atoms with Gasteiger partial charge in [0, 0.05) is 0 Å². The number of unbranched alkanes of at least 4 members (excludes halogenated alkanes) is 1. The van der Waals surface area contributed by atoms with E-state index in [0.717, 1.165) is 19.3 Å². The Kier molecular flexibility index (Phi) is 4.67. The van der Waals surface area contributed by atoms with Crippen LogP contribution in [-0.4, -0.2) is 6.61 Å². The van der Waals surface area contributed by atoms with E-state index in [1.54, 1.807) is 0 Å². The highest BCUT2D eigenvalue weighted by Gasteiger charge is 1.85. The lowest BCUT2D eigenvalue weighted by atomic mass is 10.1. The van der Waals surface area contributed by atoms with Gasteiger partial charge in [-0.05, 0) is 26.2 Å². The van der Waals surface area contributed by atoms with Gasteiger partial charge in [-0.1, -0.05) is 5.57 Å². The van der Waals surface area contributed by atoms with Crippen LogP contribution >= 0.6 is 0 Å². The maximum absolute atomic E-state index is 9.88. The van der Waals surface area contributed by atoms with Gasteiger partial charge in [-0.15, -0.1) is 6.58 Å². The molecular weight excluding hydrogens is 100 g/mol. The smallest absolute Gasteiger partial charge is 0.0822 e. The predicted molar refractivity (Wildman–Crippen MR) is 34.2 cm³/mol. The van der Waals surface area contributed by atoms with Gasteiger partial charge in [-0.2, -0.15) is 0 Å². The van der Waals surface area contributed by atoms with Crippen molar-refractivity contribution in [3.8, 4) is 0 Å². The summed E-state index contributed by atoms with van der Waals surface area (Å²) in [5, 5.41) is 9.88. The molecule has 1 heteroatoms. The van der Waals surface area contributed by atoms with E-state index >= 15 is 0 Å².